The molecule has 1 unspecified atom stereocenters. The summed E-state index contributed by atoms with van der Waals surface area (Å²) in [7, 11) is 0. The van der Waals surface area contributed by atoms with Gasteiger partial charge in [-0.05, 0) is 23.5 Å². The van der Waals surface area contributed by atoms with Crippen molar-refractivity contribution in [2.24, 2.45) is 0 Å². The lowest BCUT2D eigenvalue weighted by Gasteiger charge is -2.12. The standard InChI is InChI=1S/C12H12F2N2OS/c1-6(2)10-12(18-16-15-10)11(17)8-4-3-7(13)5-9(8)14/h3-6,11,17H,1-2H3. The molecule has 2 rings (SSSR count). The average molecular weight is 270 g/mol. The largest absolute Gasteiger partial charge is 0.383 e. The SMILES string of the molecule is CC(C)c1nnsc1C(O)c1ccc(F)cc1F. The lowest BCUT2D eigenvalue weighted by Crippen LogP contribution is -2.05. The third-order valence-corrected chi connectivity index (χ3v) is 3.38. The number of rotatable bonds is 3. The Morgan fingerprint density at radius 3 is 2.61 bits per heavy atom. The summed E-state index contributed by atoms with van der Waals surface area (Å²) in [6.45, 7) is 3.82. The van der Waals surface area contributed by atoms with Gasteiger partial charge in [0.2, 0.25) is 0 Å². The number of aliphatic hydroxyl groups excluding tert-OH is 1. The summed E-state index contributed by atoms with van der Waals surface area (Å²) in [6.07, 6.45) is -1.16. The van der Waals surface area contributed by atoms with Crippen LogP contribution in [0.3, 0.4) is 0 Å². The maximum Gasteiger partial charge on any atom is 0.132 e. The number of halogens is 2. The summed E-state index contributed by atoms with van der Waals surface area (Å²) in [5, 5.41) is 14.1. The molecular formula is C12H12F2N2OS. The Morgan fingerprint density at radius 2 is 2.00 bits per heavy atom. The second-order valence-corrected chi connectivity index (χ2v) is 5.03. The van der Waals surface area contributed by atoms with Gasteiger partial charge >= 0.3 is 0 Å². The molecule has 18 heavy (non-hydrogen) atoms. The van der Waals surface area contributed by atoms with Gasteiger partial charge in [-0.25, -0.2) is 8.78 Å². The zero-order valence-electron chi connectivity index (χ0n) is 9.89. The number of aromatic nitrogens is 2. The van der Waals surface area contributed by atoms with Crippen molar-refractivity contribution in [2.75, 3.05) is 0 Å². The summed E-state index contributed by atoms with van der Waals surface area (Å²) in [5.74, 6) is -1.36. The summed E-state index contributed by atoms with van der Waals surface area (Å²) in [6, 6.07) is 3.10. The van der Waals surface area contributed by atoms with E-state index in [-0.39, 0.29) is 11.5 Å². The summed E-state index contributed by atoms with van der Waals surface area (Å²) >= 11 is 1.02. The van der Waals surface area contributed by atoms with Crippen molar-refractivity contribution in [1.82, 2.24) is 9.59 Å². The third kappa shape index (κ3) is 2.39. The van der Waals surface area contributed by atoms with Crippen molar-refractivity contribution >= 4 is 11.5 Å². The smallest absolute Gasteiger partial charge is 0.132 e. The van der Waals surface area contributed by atoms with Crippen LogP contribution in [0.2, 0.25) is 0 Å². The summed E-state index contributed by atoms with van der Waals surface area (Å²) < 4.78 is 30.2. The molecule has 0 saturated carbocycles. The Morgan fingerprint density at radius 1 is 1.28 bits per heavy atom. The molecule has 2 aromatic rings. The molecule has 3 nitrogen and oxygen atoms in total. The molecule has 1 heterocycles. The topological polar surface area (TPSA) is 46.0 Å². The fourth-order valence-electron chi connectivity index (χ4n) is 1.66. The van der Waals surface area contributed by atoms with Crippen LogP contribution in [0.15, 0.2) is 18.2 Å². The van der Waals surface area contributed by atoms with Crippen LogP contribution < -0.4 is 0 Å². The zero-order valence-corrected chi connectivity index (χ0v) is 10.7. The van der Waals surface area contributed by atoms with E-state index in [0.717, 1.165) is 23.7 Å². The average Bonchev–Trinajstić information content (AvgIpc) is 2.77. The highest BCUT2D eigenvalue weighted by Gasteiger charge is 2.23. The van der Waals surface area contributed by atoms with Gasteiger partial charge in [0.1, 0.15) is 17.7 Å². The predicted octanol–water partition coefficient (Wildman–Crippen LogP) is 3.02. The molecule has 0 spiro atoms. The van der Waals surface area contributed by atoms with E-state index >= 15 is 0 Å². The fraction of sp³-hybridized carbons (Fsp3) is 0.333. The molecule has 1 aromatic heterocycles. The second-order valence-electron chi connectivity index (χ2n) is 4.25. The predicted molar refractivity (Wildman–Crippen MR) is 64.4 cm³/mol. The number of hydrogen-bond donors (Lipinski definition) is 1. The van der Waals surface area contributed by atoms with Gasteiger partial charge in [-0.3, -0.25) is 0 Å². The molecule has 0 aliphatic carbocycles. The Kier molecular flexibility index (Phi) is 3.68. The molecule has 96 valence electrons. The van der Waals surface area contributed by atoms with Crippen LogP contribution >= 0.6 is 11.5 Å². The van der Waals surface area contributed by atoms with E-state index < -0.39 is 17.7 Å². The van der Waals surface area contributed by atoms with Crippen LogP contribution in [-0.4, -0.2) is 14.7 Å². The Bertz CT molecular complexity index is 557. The van der Waals surface area contributed by atoms with Crippen LogP contribution in [0.25, 0.3) is 0 Å². The van der Waals surface area contributed by atoms with Gasteiger partial charge in [0.15, 0.2) is 0 Å². The van der Waals surface area contributed by atoms with Gasteiger partial charge in [-0.15, -0.1) is 5.10 Å². The summed E-state index contributed by atoms with van der Waals surface area (Å²) in [4.78, 5) is 0.496. The van der Waals surface area contributed by atoms with Gasteiger partial charge < -0.3 is 5.11 Å². The van der Waals surface area contributed by atoms with Crippen molar-refractivity contribution in [3.8, 4) is 0 Å². The van der Waals surface area contributed by atoms with Crippen molar-refractivity contribution in [1.29, 1.82) is 0 Å². The molecule has 1 atom stereocenters. The first-order valence-electron chi connectivity index (χ1n) is 5.46. The Labute approximate surface area is 107 Å². The second kappa shape index (κ2) is 5.07. The number of benzene rings is 1. The van der Waals surface area contributed by atoms with Crippen LogP contribution in [0.5, 0.6) is 0 Å². The molecule has 0 saturated heterocycles. The minimum Gasteiger partial charge on any atom is -0.383 e. The lowest BCUT2D eigenvalue weighted by molar-refractivity contribution is 0.216. The number of aliphatic hydroxyl groups is 1. The quantitative estimate of drug-likeness (QED) is 0.932. The van der Waals surface area contributed by atoms with E-state index in [9.17, 15) is 13.9 Å². The Balaban J connectivity index is 2.41. The monoisotopic (exact) mass is 270 g/mol. The first-order valence-corrected chi connectivity index (χ1v) is 6.23. The highest BCUT2D eigenvalue weighted by atomic mass is 32.1. The normalized spacial score (nSPS) is 13.0. The highest BCUT2D eigenvalue weighted by Crippen LogP contribution is 2.31. The van der Waals surface area contributed by atoms with E-state index in [4.69, 9.17) is 0 Å². The maximum atomic E-state index is 13.6. The van der Waals surface area contributed by atoms with Gasteiger partial charge in [0, 0.05) is 11.6 Å². The van der Waals surface area contributed by atoms with Gasteiger partial charge in [-0.1, -0.05) is 24.4 Å². The van der Waals surface area contributed by atoms with Crippen molar-refractivity contribution in [3.05, 3.63) is 46.0 Å². The molecule has 6 heteroatoms. The van der Waals surface area contributed by atoms with Gasteiger partial charge in [0.25, 0.3) is 0 Å². The molecule has 0 amide bonds. The highest BCUT2D eigenvalue weighted by molar-refractivity contribution is 7.05. The Hall–Kier alpha value is -1.40. The third-order valence-electron chi connectivity index (χ3n) is 2.59. The van der Waals surface area contributed by atoms with E-state index in [1.165, 1.54) is 6.07 Å². The van der Waals surface area contributed by atoms with Crippen molar-refractivity contribution in [2.45, 2.75) is 25.9 Å². The van der Waals surface area contributed by atoms with Crippen LogP contribution in [0.1, 0.15) is 42.0 Å². The molecule has 0 radical (unpaired) electrons. The van der Waals surface area contributed by atoms with E-state index in [2.05, 4.69) is 9.59 Å². The first kappa shape index (κ1) is 13.0. The van der Waals surface area contributed by atoms with E-state index in [0.29, 0.717) is 10.6 Å². The lowest BCUT2D eigenvalue weighted by atomic mass is 10.0. The fourth-order valence-corrected chi connectivity index (χ4v) is 2.47. The maximum absolute atomic E-state index is 13.6. The summed E-state index contributed by atoms with van der Waals surface area (Å²) in [5.41, 5.74) is 0.667. The number of hydrogen-bond acceptors (Lipinski definition) is 4. The minimum absolute atomic E-state index is 0.0318. The van der Waals surface area contributed by atoms with Crippen LogP contribution in [0, 0.1) is 11.6 Å². The van der Waals surface area contributed by atoms with E-state index in [1.807, 2.05) is 13.8 Å². The van der Waals surface area contributed by atoms with Crippen molar-refractivity contribution in [3.63, 3.8) is 0 Å². The van der Waals surface area contributed by atoms with Crippen LogP contribution in [0.4, 0.5) is 8.78 Å². The molecular weight excluding hydrogens is 258 g/mol. The van der Waals surface area contributed by atoms with Gasteiger partial charge in [0.05, 0.1) is 10.6 Å². The molecule has 1 N–H and O–H groups in total. The molecule has 0 bridgehead atoms. The first-order chi connectivity index (χ1) is 8.50. The molecule has 1 aromatic carbocycles. The van der Waals surface area contributed by atoms with Gasteiger partial charge in [-0.2, -0.15) is 0 Å². The minimum atomic E-state index is -1.16. The van der Waals surface area contributed by atoms with Crippen LogP contribution in [-0.2, 0) is 0 Å². The molecule has 0 aliphatic rings. The number of nitrogens with zero attached hydrogens (tertiary/aromatic N) is 2. The van der Waals surface area contributed by atoms with Crippen molar-refractivity contribution < 1.29 is 13.9 Å². The van der Waals surface area contributed by atoms with E-state index in [1.54, 1.807) is 0 Å². The zero-order chi connectivity index (χ0) is 13.3. The molecule has 0 aliphatic heterocycles. The molecule has 0 fully saturated rings.